The van der Waals surface area contributed by atoms with Crippen molar-refractivity contribution in [3.63, 3.8) is 0 Å². The number of aliphatic hydroxyl groups is 1. The van der Waals surface area contributed by atoms with E-state index < -0.39 is 0 Å². The molecule has 0 spiro atoms. The molecule has 1 aliphatic rings. The highest BCUT2D eigenvalue weighted by Crippen LogP contribution is 2.51. The zero-order chi connectivity index (χ0) is 13.3. The first-order valence-corrected chi connectivity index (χ1v) is 7.33. The second kappa shape index (κ2) is 5.06. The zero-order valence-corrected chi connectivity index (χ0v) is 12.2. The third-order valence-electron chi connectivity index (χ3n) is 3.97. The first-order chi connectivity index (χ1) is 9.21. The summed E-state index contributed by atoms with van der Waals surface area (Å²) >= 11 is 3.42. The van der Waals surface area contributed by atoms with Gasteiger partial charge in [0, 0.05) is 28.7 Å². The van der Waals surface area contributed by atoms with E-state index in [4.69, 9.17) is 0 Å². The fraction of sp³-hybridized carbons (Fsp3) is 0.312. The molecule has 98 valence electrons. The van der Waals surface area contributed by atoms with Crippen molar-refractivity contribution >= 4 is 15.9 Å². The fourth-order valence-electron chi connectivity index (χ4n) is 2.71. The van der Waals surface area contributed by atoms with Gasteiger partial charge in [-0.25, -0.2) is 0 Å². The van der Waals surface area contributed by atoms with Crippen LogP contribution in [-0.2, 0) is 11.8 Å². The zero-order valence-electron chi connectivity index (χ0n) is 10.6. The smallest absolute Gasteiger partial charge is 0.0677 e. The molecular weight excluding hydrogens is 302 g/mol. The van der Waals surface area contributed by atoms with Crippen LogP contribution in [0.1, 0.15) is 24.0 Å². The average Bonchev–Trinajstić information content (AvgIpc) is 3.21. The van der Waals surface area contributed by atoms with E-state index in [1.54, 1.807) is 6.20 Å². The second-order valence-corrected chi connectivity index (χ2v) is 6.17. The molecule has 1 aromatic heterocycles. The van der Waals surface area contributed by atoms with E-state index >= 15 is 0 Å². The minimum Gasteiger partial charge on any atom is -0.392 e. The van der Waals surface area contributed by atoms with Gasteiger partial charge in [-0.05, 0) is 46.0 Å². The van der Waals surface area contributed by atoms with Gasteiger partial charge in [0.25, 0.3) is 0 Å². The molecule has 0 aliphatic heterocycles. The highest BCUT2D eigenvalue weighted by molar-refractivity contribution is 9.10. The summed E-state index contributed by atoms with van der Waals surface area (Å²) in [5.41, 5.74) is 2.29. The van der Waals surface area contributed by atoms with Gasteiger partial charge in [0.05, 0.1) is 6.10 Å². The van der Waals surface area contributed by atoms with Crippen LogP contribution < -0.4 is 0 Å². The molecule has 3 heteroatoms. The third-order valence-corrected chi connectivity index (χ3v) is 4.40. The number of pyridine rings is 1. The van der Waals surface area contributed by atoms with E-state index in [2.05, 4.69) is 33.0 Å². The lowest BCUT2D eigenvalue weighted by molar-refractivity contribution is 0.131. The van der Waals surface area contributed by atoms with Crippen molar-refractivity contribution < 1.29 is 5.11 Å². The second-order valence-electron chi connectivity index (χ2n) is 5.25. The topological polar surface area (TPSA) is 33.1 Å². The Kier molecular flexibility index (Phi) is 3.42. The fourth-order valence-corrected chi connectivity index (χ4v) is 3.12. The number of hydrogen-bond acceptors (Lipinski definition) is 2. The number of hydrogen-bond donors (Lipinski definition) is 1. The maximum Gasteiger partial charge on any atom is 0.0677 e. The summed E-state index contributed by atoms with van der Waals surface area (Å²) in [6.45, 7) is 0. The van der Waals surface area contributed by atoms with Crippen LogP contribution in [0.2, 0.25) is 0 Å². The van der Waals surface area contributed by atoms with Gasteiger partial charge in [-0.15, -0.1) is 0 Å². The molecule has 1 fully saturated rings. The molecule has 1 unspecified atom stereocenters. The van der Waals surface area contributed by atoms with Gasteiger partial charge in [-0.1, -0.05) is 30.3 Å². The van der Waals surface area contributed by atoms with E-state index in [9.17, 15) is 5.11 Å². The van der Waals surface area contributed by atoms with Crippen LogP contribution in [0.5, 0.6) is 0 Å². The summed E-state index contributed by atoms with van der Waals surface area (Å²) < 4.78 is 0.960. The third kappa shape index (κ3) is 2.58. The monoisotopic (exact) mass is 317 g/mol. The van der Waals surface area contributed by atoms with Crippen molar-refractivity contribution in [2.24, 2.45) is 0 Å². The van der Waals surface area contributed by atoms with Gasteiger partial charge in [-0.3, -0.25) is 4.98 Å². The van der Waals surface area contributed by atoms with Crippen molar-refractivity contribution in [2.75, 3.05) is 0 Å². The minimum atomic E-state index is -0.342. The van der Waals surface area contributed by atoms with Gasteiger partial charge in [0.15, 0.2) is 0 Å². The molecule has 0 saturated heterocycles. The minimum absolute atomic E-state index is 0.0381. The van der Waals surface area contributed by atoms with Crippen molar-refractivity contribution in [1.29, 1.82) is 0 Å². The Hall–Kier alpha value is -1.19. The Bertz CT molecular complexity index is 566. The van der Waals surface area contributed by atoms with E-state index in [1.807, 2.05) is 30.5 Å². The number of aromatic nitrogens is 1. The van der Waals surface area contributed by atoms with Crippen LogP contribution >= 0.6 is 15.9 Å². The maximum absolute atomic E-state index is 10.6. The quantitative estimate of drug-likeness (QED) is 0.936. The van der Waals surface area contributed by atoms with Crippen molar-refractivity contribution in [3.05, 3.63) is 64.4 Å². The number of benzene rings is 1. The molecule has 0 radical (unpaired) electrons. The number of nitrogens with zero attached hydrogens (tertiary/aromatic N) is 1. The summed E-state index contributed by atoms with van der Waals surface area (Å²) in [5.74, 6) is 0. The predicted octanol–water partition coefficient (Wildman–Crippen LogP) is 3.48. The summed E-state index contributed by atoms with van der Waals surface area (Å²) in [7, 11) is 0. The molecule has 1 N–H and O–H groups in total. The molecule has 19 heavy (non-hydrogen) atoms. The summed E-state index contributed by atoms with van der Waals surface area (Å²) in [6, 6.07) is 12.4. The Morgan fingerprint density at radius 1 is 1.21 bits per heavy atom. The first kappa shape index (κ1) is 12.8. The Morgan fingerprint density at radius 2 is 1.95 bits per heavy atom. The van der Waals surface area contributed by atoms with Gasteiger partial charge in [0.2, 0.25) is 0 Å². The Labute approximate surface area is 121 Å². The molecule has 1 atom stereocenters. The van der Waals surface area contributed by atoms with Crippen LogP contribution in [0.25, 0.3) is 0 Å². The van der Waals surface area contributed by atoms with E-state index in [-0.39, 0.29) is 11.5 Å². The number of halogens is 1. The molecule has 1 aliphatic carbocycles. The molecule has 1 aromatic carbocycles. The highest BCUT2D eigenvalue weighted by atomic mass is 79.9. The molecule has 0 amide bonds. The van der Waals surface area contributed by atoms with Crippen LogP contribution in [0.15, 0.2) is 53.3 Å². The van der Waals surface area contributed by atoms with E-state index in [0.717, 1.165) is 22.9 Å². The standard InChI is InChI=1S/C16H16BrNO/c17-14-8-12(10-18-11-14)9-15(19)16(6-7-16)13-4-2-1-3-5-13/h1-5,8,10-11,15,19H,6-7,9H2. The Balaban J connectivity index is 1.79. The average molecular weight is 318 g/mol. The van der Waals surface area contributed by atoms with Gasteiger partial charge in [-0.2, -0.15) is 0 Å². The summed E-state index contributed by atoms with van der Waals surface area (Å²) in [6.07, 6.45) is 6.04. The summed E-state index contributed by atoms with van der Waals surface area (Å²) in [5, 5.41) is 10.6. The van der Waals surface area contributed by atoms with Crippen LogP contribution in [-0.4, -0.2) is 16.2 Å². The first-order valence-electron chi connectivity index (χ1n) is 6.54. The van der Waals surface area contributed by atoms with Crippen molar-refractivity contribution in [2.45, 2.75) is 30.8 Å². The van der Waals surface area contributed by atoms with E-state index in [1.165, 1.54) is 5.56 Å². The van der Waals surface area contributed by atoms with Crippen molar-refractivity contribution in [3.8, 4) is 0 Å². The molecule has 2 aromatic rings. The lowest BCUT2D eigenvalue weighted by Gasteiger charge is -2.23. The lowest BCUT2D eigenvalue weighted by Crippen LogP contribution is -2.28. The van der Waals surface area contributed by atoms with Crippen molar-refractivity contribution in [1.82, 2.24) is 4.98 Å². The summed E-state index contributed by atoms with van der Waals surface area (Å²) in [4.78, 5) is 4.15. The van der Waals surface area contributed by atoms with Gasteiger partial charge < -0.3 is 5.11 Å². The van der Waals surface area contributed by atoms with E-state index in [0.29, 0.717) is 6.42 Å². The normalized spacial score (nSPS) is 18.0. The lowest BCUT2D eigenvalue weighted by atomic mass is 9.87. The predicted molar refractivity (Wildman–Crippen MR) is 79.0 cm³/mol. The molecule has 0 bridgehead atoms. The van der Waals surface area contributed by atoms with Crippen LogP contribution in [0.3, 0.4) is 0 Å². The molecule has 1 saturated carbocycles. The molecule has 1 heterocycles. The molecule has 3 rings (SSSR count). The van der Waals surface area contributed by atoms with Crippen LogP contribution in [0.4, 0.5) is 0 Å². The number of aliphatic hydroxyl groups excluding tert-OH is 1. The largest absolute Gasteiger partial charge is 0.392 e. The van der Waals surface area contributed by atoms with Gasteiger partial charge >= 0.3 is 0 Å². The SMILES string of the molecule is OC(Cc1cncc(Br)c1)C1(c2ccccc2)CC1. The molecular formula is C16H16BrNO. The maximum atomic E-state index is 10.6. The molecule has 2 nitrogen and oxygen atoms in total. The highest BCUT2D eigenvalue weighted by Gasteiger charge is 2.49. The number of rotatable bonds is 4. The van der Waals surface area contributed by atoms with Gasteiger partial charge in [0.1, 0.15) is 0 Å². The Morgan fingerprint density at radius 3 is 2.58 bits per heavy atom. The van der Waals surface area contributed by atoms with Crippen LogP contribution in [0, 0.1) is 0 Å².